The number of rotatable bonds is 0. The molecule has 0 aromatic carbocycles. The van der Waals surface area contributed by atoms with Crippen LogP contribution in [-0.2, 0) is 0 Å². The average molecular weight is 276 g/mol. The fourth-order valence-electron chi connectivity index (χ4n) is 1.07. The van der Waals surface area contributed by atoms with E-state index in [9.17, 15) is 4.79 Å². The molecule has 4 nitrogen and oxygen atoms in total. The molecular formula is C7H5IN2O2. The van der Waals surface area contributed by atoms with Gasteiger partial charge in [0.15, 0.2) is 0 Å². The SMILES string of the molecule is Cc1onc2c(I)c[nH]c(=O)c12. The van der Waals surface area contributed by atoms with Crippen LogP contribution in [0.1, 0.15) is 5.76 Å². The van der Waals surface area contributed by atoms with E-state index in [1.807, 2.05) is 0 Å². The maximum absolute atomic E-state index is 11.3. The number of pyridine rings is 1. The fourth-order valence-corrected chi connectivity index (χ4v) is 1.60. The molecule has 0 aliphatic heterocycles. The molecule has 0 saturated carbocycles. The largest absolute Gasteiger partial charge is 0.360 e. The minimum absolute atomic E-state index is 0.149. The molecule has 0 aliphatic rings. The van der Waals surface area contributed by atoms with Crippen molar-refractivity contribution in [1.82, 2.24) is 10.1 Å². The zero-order valence-electron chi connectivity index (χ0n) is 6.22. The second-order valence-corrected chi connectivity index (χ2v) is 3.59. The van der Waals surface area contributed by atoms with Crippen molar-refractivity contribution in [2.45, 2.75) is 6.92 Å². The molecule has 2 aromatic heterocycles. The Balaban J connectivity index is 3.09. The normalized spacial score (nSPS) is 10.8. The van der Waals surface area contributed by atoms with Crippen molar-refractivity contribution in [3.8, 4) is 0 Å². The number of nitrogens with zero attached hydrogens (tertiary/aromatic N) is 1. The van der Waals surface area contributed by atoms with Gasteiger partial charge >= 0.3 is 0 Å². The lowest BCUT2D eigenvalue weighted by Gasteiger charge is -1.88. The van der Waals surface area contributed by atoms with Crippen LogP contribution in [0.4, 0.5) is 0 Å². The molecule has 0 saturated heterocycles. The summed E-state index contributed by atoms with van der Waals surface area (Å²) in [5.41, 5.74) is 0.487. The second-order valence-electron chi connectivity index (χ2n) is 2.43. The Morgan fingerprint density at radius 3 is 3.08 bits per heavy atom. The van der Waals surface area contributed by atoms with E-state index in [1.54, 1.807) is 13.1 Å². The first kappa shape index (κ1) is 7.78. The summed E-state index contributed by atoms with van der Waals surface area (Å²) in [6.45, 7) is 1.72. The summed E-state index contributed by atoms with van der Waals surface area (Å²) < 4.78 is 5.79. The van der Waals surface area contributed by atoms with Crippen molar-refractivity contribution in [3.05, 3.63) is 25.9 Å². The maximum atomic E-state index is 11.3. The summed E-state index contributed by atoms with van der Waals surface area (Å²) in [5, 5.41) is 4.32. The number of hydrogen-bond donors (Lipinski definition) is 1. The second kappa shape index (κ2) is 2.58. The molecule has 0 radical (unpaired) electrons. The first-order chi connectivity index (χ1) is 5.70. The molecule has 0 fully saturated rings. The Morgan fingerprint density at radius 1 is 1.67 bits per heavy atom. The highest BCUT2D eigenvalue weighted by molar-refractivity contribution is 14.1. The highest BCUT2D eigenvalue weighted by Crippen LogP contribution is 2.17. The van der Waals surface area contributed by atoms with Crippen LogP contribution in [0.2, 0.25) is 0 Å². The molecule has 0 atom stereocenters. The summed E-state index contributed by atoms with van der Waals surface area (Å²) in [6.07, 6.45) is 1.62. The van der Waals surface area contributed by atoms with Gasteiger partial charge in [-0.05, 0) is 29.5 Å². The molecule has 0 aliphatic carbocycles. The van der Waals surface area contributed by atoms with Crippen molar-refractivity contribution in [2.24, 2.45) is 0 Å². The number of fused-ring (bicyclic) bond motifs is 1. The Hall–Kier alpha value is -0.850. The molecule has 0 spiro atoms. The Morgan fingerprint density at radius 2 is 2.42 bits per heavy atom. The number of hydrogen-bond acceptors (Lipinski definition) is 3. The topological polar surface area (TPSA) is 58.9 Å². The van der Waals surface area contributed by atoms with Gasteiger partial charge in [-0.15, -0.1) is 0 Å². The third kappa shape index (κ3) is 0.961. The van der Waals surface area contributed by atoms with Crippen LogP contribution in [0, 0.1) is 10.5 Å². The molecule has 2 heterocycles. The van der Waals surface area contributed by atoms with E-state index < -0.39 is 0 Å². The number of aromatic nitrogens is 2. The van der Waals surface area contributed by atoms with Gasteiger partial charge in [-0.1, -0.05) is 5.16 Å². The molecule has 62 valence electrons. The zero-order valence-corrected chi connectivity index (χ0v) is 8.38. The van der Waals surface area contributed by atoms with Crippen LogP contribution in [0.25, 0.3) is 10.9 Å². The van der Waals surface area contributed by atoms with Gasteiger partial charge < -0.3 is 9.51 Å². The molecule has 0 bridgehead atoms. The standard InChI is InChI=1S/C7H5IN2O2/c1-3-5-6(10-12-3)4(8)2-9-7(5)11/h2H,1H3,(H,9,11). The van der Waals surface area contributed by atoms with Gasteiger partial charge in [0.2, 0.25) is 0 Å². The lowest BCUT2D eigenvalue weighted by atomic mass is 10.3. The molecule has 2 rings (SSSR count). The quantitative estimate of drug-likeness (QED) is 0.740. The number of aromatic amines is 1. The average Bonchev–Trinajstić information content (AvgIpc) is 2.42. The first-order valence-electron chi connectivity index (χ1n) is 3.33. The molecule has 2 aromatic rings. The van der Waals surface area contributed by atoms with Crippen molar-refractivity contribution in [1.29, 1.82) is 0 Å². The van der Waals surface area contributed by atoms with Crippen molar-refractivity contribution >= 4 is 33.5 Å². The van der Waals surface area contributed by atoms with Gasteiger partial charge in [-0.25, -0.2) is 0 Å². The van der Waals surface area contributed by atoms with E-state index in [0.717, 1.165) is 3.57 Å². The number of H-pyrrole nitrogens is 1. The number of aryl methyl sites for hydroxylation is 1. The van der Waals surface area contributed by atoms with Gasteiger partial charge in [0, 0.05) is 6.20 Å². The van der Waals surface area contributed by atoms with E-state index >= 15 is 0 Å². The summed E-state index contributed by atoms with van der Waals surface area (Å²) in [6, 6.07) is 0. The summed E-state index contributed by atoms with van der Waals surface area (Å²) in [7, 11) is 0. The monoisotopic (exact) mass is 276 g/mol. The molecule has 0 unspecified atom stereocenters. The third-order valence-electron chi connectivity index (χ3n) is 1.65. The smallest absolute Gasteiger partial charge is 0.261 e. The van der Waals surface area contributed by atoms with Crippen LogP contribution in [0.15, 0.2) is 15.5 Å². The Labute approximate surface area is 81.1 Å². The third-order valence-corrected chi connectivity index (χ3v) is 2.47. The van der Waals surface area contributed by atoms with Crippen LogP contribution in [0.3, 0.4) is 0 Å². The van der Waals surface area contributed by atoms with Crippen LogP contribution in [-0.4, -0.2) is 10.1 Å². The van der Waals surface area contributed by atoms with Gasteiger partial charge in [0.1, 0.15) is 16.7 Å². The van der Waals surface area contributed by atoms with Gasteiger partial charge in [0.25, 0.3) is 5.56 Å². The highest BCUT2D eigenvalue weighted by atomic mass is 127. The Kier molecular flexibility index (Phi) is 1.67. The van der Waals surface area contributed by atoms with Gasteiger partial charge in [-0.2, -0.15) is 0 Å². The van der Waals surface area contributed by atoms with Crippen molar-refractivity contribution in [2.75, 3.05) is 0 Å². The van der Waals surface area contributed by atoms with E-state index in [1.165, 1.54) is 0 Å². The van der Waals surface area contributed by atoms with E-state index in [0.29, 0.717) is 16.7 Å². The lowest BCUT2D eigenvalue weighted by molar-refractivity contribution is 0.405. The predicted molar refractivity (Wildman–Crippen MR) is 52.1 cm³/mol. The first-order valence-corrected chi connectivity index (χ1v) is 4.41. The molecule has 5 heteroatoms. The van der Waals surface area contributed by atoms with E-state index in [4.69, 9.17) is 4.52 Å². The van der Waals surface area contributed by atoms with Crippen LogP contribution in [0.5, 0.6) is 0 Å². The minimum Gasteiger partial charge on any atom is -0.360 e. The molecule has 12 heavy (non-hydrogen) atoms. The van der Waals surface area contributed by atoms with Gasteiger partial charge in [-0.3, -0.25) is 4.79 Å². The minimum atomic E-state index is -0.149. The predicted octanol–water partition coefficient (Wildman–Crippen LogP) is 1.43. The molecular weight excluding hydrogens is 271 g/mol. The zero-order chi connectivity index (χ0) is 8.72. The fraction of sp³-hybridized carbons (Fsp3) is 0.143. The van der Waals surface area contributed by atoms with Crippen LogP contribution < -0.4 is 5.56 Å². The number of nitrogens with one attached hydrogen (secondary N) is 1. The van der Waals surface area contributed by atoms with Gasteiger partial charge in [0.05, 0.1) is 3.57 Å². The summed E-state index contributed by atoms with van der Waals surface area (Å²) in [4.78, 5) is 13.9. The molecule has 1 N–H and O–H groups in total. The van der Waals surface area contributed by atoms with Crippen molar-refractivity contribution < 1.29 is 4.52 Å². The van der Waals surface area contributed by atoms with E-state index in [-0.39, 0.29) is 5.56 Å². The Bertz CT molecular complexity index is 486. The maximum Gasteiger partial charge on any atom is 0.261 e. The summed E-state index contributed by atoms with van der Waals surface area (Å²) >= 11 is 2.10. The number of halogens is 1. The molecule has 0 amide bonds. The summed E-state index contributed by atoms with van der Waals surface area (Å²) in [5.74, 6) is 0.560. The highest BCUT2D eigenvalue weighted by Gasteiger charge is 2.10. The lowest BCUT2D eigenvalue weighted by Crippen LogP contribution is -2.05. The van der Waals surface area contributed by atoms with Crippen molar-refractivity contribution in [3.63, 3.8) is 0 Å². The van der Waals surface area contributed by atoms with Crippen LogP contribution >= 0.6 is 22.6 Å². The van der Waals surface area contributed by atoms with E-state index in [2.05, 4.69) is 32.7 Å².